The molecule has 2 aromatic rings. The minimum atomic E-state index is -4.49. The van der Waals surface area contributed by atoms with Crippen LogP contribution < -0.4 is 5.32 Å². The van der Waals surface area contributed by atoms with Crippen molar-refractivity contribution >= 4 is 17.7 Å². The molecule has 40 heavy (non-hydrogen) atoms. The smallest absolute Gasteiger partial charge is 0.384 e. The number of carbonyl (C=O) groups is 3. The van der Waals surface area contributed by atoms with Crippen molar-refractivity contribution in [2.45, 2.75) is 76.9 Å². The van der Waals surface area contributed by atoms with Gasteiger partial charge in [0.25, 0.3) is 5.91 Å². The number of fused-ring (bicyclic) bond motifs is 1. The molecule has 2 saturated heterocycles. The largest absolute Gasteiger partial charge is 0.433 e. The lowest BCUT2D eigenvalue weighted by Crippen LogP contribution is -2.57. The Bertz CT molecular complexity index is 1330. The molecule has 8 nitrogen and oxygen atoms in total. The van der Waals surface area contributed by atoms with E-state index >= 15 is 0 Å². The Balaban J connectivity index is 1.36. The molecule has 1 aromatic carbocycles. The van der Waals surface area contributed by atoms with Crippen LogP contribution >= 0.6 is 0 Å². The Hall–Kier alpha value is -3.31. The Kier molecular flexibility index (Phi) is 7.24. The predicted octanol–water partition coefficient (Wildman–Crippen LogP) is 3.76. The summed E-state index contributed by atoms with van der Waals surface area (Å²) in [5.74, 6) is -1.07. The lowest BCUT2D eigenvalue weighted by Gasteiger charge is -2.54. The summed E-state index contributed by atoms with van der Waals surface area (Å²) >= 11 is 0. The molecule has 0 spiro atoms. The summed E-state index contributed by atoms with van der Waals surface area (Å²) in [6, 6.07) is 7.11. The van der Waals surface area contributed by atoms with Crippen molar-refractivity contribution in [3.05, 3.63) is 64.5 Å². The van der Waals surface area contributed by atoms with Crippen molar-refractivity contribution in [1.82, 2.24) is 20.1 Å². The molecular formula is C29H33F3N4O4. The molecule has 2 atom stereocenters. The summed E-state index contributed by atoms with van der Waals surface area (Å²) in [6.45, 7) is 5.76. The highest BCUT2D eigenvalue weighted by atomic mass is 19.4. The van der Waals surface area contributed by atoms with Crippen LogP contribution in [0.5, 0.6) is 0 Å². The maximum absolute atomic E-state index is 13.1. The van der Waals surface area contributed by atoms with E-state index in [0.29, 0.717) is 55.6 Å². The van der Waals surface area contributed by atoms with E-state index in [2.05, 4.69) is 15.2 Å². The highest BCUT2D eigenvalue weighted by Gasteiger charge is 2.53. The van der Waals surface area contributed by atoms with Gasteiger partial charge >= 0.3 is 6.18 Å². The van der Waals surface area contributed by atoms with E-state index < -0.39 is 34.8 Å². The van der Waals surface area contributed by atoms with Crippen molar-refractivity contribution in [2.75, 3.05) is 13.1 Å². The van der Waals surface area contributed by atoms with Crippen LogP contribution in [0.1, 0.15) is 78.7 Å². The normalized spacial score (nSPS) is 25.2. The molecule has 1 aromatic heterocycles. The minimum absolute atomic E-state index is 0.177. The molecule has 3 aliphatic rings. The average Bonchev–Trinajstić information content (AvgIpc) is 3.25. The zero-order valence-electron chi connectivity index (χ0n) is 22.6. The highest BCUT2D eigenvalue weighted by Crippen LogP contribution is 2.51. The van der Waals surface area contributed by atoms with E-state index in [1.54, 1.807) is 12.1 Å². The molecule has 4 heterocycles. The number of benzene rings is 1. The summed E-state index contributed by atoms with van der Waals surface area (Å²) < 4.78 is 38.8. The number of nitrogens with one attached hydrogen (secondary N) is 1. The number of piperidine rings is 2. The van der Waals surface area contributed by atoms with Gasteiger partial charge in [-0.1, -0.05) is 32.0 Å². The molecule has 0 radical (unpaired) electrons. The highest BCUT2D eigenvalue weighted by molar-refractivity contribution is 6.05. The quantitative estimate of drug-likeness (QED) is 0.524. The number of alkyl halides is 3. The van der Waals surface area contributed by atoms with E-state index in [9.17, 15) is 32.7 Å². The summed E-state index contributed by atoms with van der Waals surface area (Å²) in [4.78, 5) is 44.4. The molecule has 3 amide bonds. The van der Waals surface area contributed by atoms with Crippen LogP contribution in [-0.4, -0.2) is 56.7 Å². The number of hydrogen-bond donors (Lipinski definition) is 2. The van der Waals surface area contributed by atoms with Gasteiger partial charge in [-0.05, 0) is 54.5 Å². The molecular weight excluding hydrogens is 525 g/mol. The van der Waals surface area contributed by atoms with Crippen molar-refractivity contribution in [2.24, 2.45) is 5.41 Å². The van der Waals surface area contributed by atoms with Gasteiger partial charge in [-0.3, -0.25) is 29.6 Å². The van der Waals surface area contributed by atoms with Crippen LogP contribution in [0.3, 0.4) is 0 Å². The molecule has 3 aliphatic heterocycles. The Morgan fingerprint density at radius 1 is 1.12 bits per heavy atom. The molecule has 2 unspecified atom stereocenters. The van der Waals surface area contributed by atoms with E-state index in [1.807, 2.05) is 19.9 Å². The van der Waals surface area contributed by atoms with E-state index in [0.717, 1.165) is 11.6 Å². The second kappa shape index (κ2) is 10.3. The number of halogens is 3. The first-order chi connectivity index (χ1) is 18.9. The van der Waals surface area contributed by atoms with Crippen molar-refractivity contribution < 1.29 is 32.7 Å². The fraction of sp³-hybridized carbons (Fsp3) is 0.517. The summed E-state index contributed by atoms with van der Waals surface area (Å²) in [5.41, 5.74) is -0.0429. The monoisotopic (exact) mass is 558 g/mol. The first-order valence-corrected chi connectivity index (χ1v) is 13.7. The predicted molar refractivity (Wildman–Crippen MR) is 139 cm³/mol. The Labute approximate surface area is 230 Å². The van der Waals surface area contributed by atoms with Crippen LogP contribution in [0.4, 0.5) is 13.2 Å². The van der Waals surface area contributed by atoms with Crippen molar-refractivity contribution in [3.63, 3.8) is 0 Å². The number of aliphatic hydroxyl groups is 1. The zero-order chi connectivity index (χ0) is 28.9. The van der Waals surface area contributed by atoms with E-state index in [1.165, 1.54) is 17.2 Å². The molecule has 214 valence electrons. The van der Waals surface area contributed by atoms with E-state index in [4.69, 9.17) is 0 Å². The van der Waals surface area contributed by atoms with Gasteiger partial charge in [0.15, 0.2) is 0 Å². The summed E-state index contributed by atoms with van der Waals surface area (Å²) in [6.07, 6.45) is -1.03. The molecule has 0 saturated carbocycles. The summed E-state index contributed by atoms with van der Waals surface area (Å²) in [5, 5.41) is 14.6. The minimum Gasteiger partial charge on any atom is -0.384 e. The summed E-state index contributed by atoms with van der Waals surface area (Å²) in [7, 11) is 0. The lowest BCUT2D eigenvalue weighted by atomic mass is 9.61. The maximum atomic E-state index is 13.1. The number of pyridine rings is 1. The number of nitrogens with zero attached hydrogens (tertiary/aromatic N) is 3. The number of hydrogen-bond acceptors (Lipinski definition) is 6. The van der Waals surface area contributed by atoms with Gasteiger partial charge in [0.1, 0.15) is 11.7 Å². The van der Waals surface area contributed by atoms with Crippen molar-refractivity contribution in [3.8, 4) is 0 Å². The topological polar surface area (TPSA) is 103 Å². The first-order valence-electron chi connectivity index (χ1n) is 13.7. The zero-order valence-corrected chi connectivity index (χ0v) is 22.6. The number of amides is 3. The van der Waals surface area contributed by atoms with Gasteiger partial charge in [-0.2, -0.15) is 13.2 Å². The molecule has 2 N–H and O–H groups in total. The number of likely N-dealkylation sites (tertiary alicyclic amines) is 1. The molecule has 5 rings (SSSR count). The maximum Gasteiger partial charge on any atom is 0.433 e. The van der Waals surface area contributed by atoms with Crippen LogP contribution in [0.25, 0.3) is 0 Å². The number of carbonyl (C=O) groups excluding carboxylic acids is 3. The van der Waals surface area contributed by atoms with Gasteiger partial charge < -0.3 is 10.0 Å². The Morgan fingerprint density at radius 2 is 1.88 bits per heavy atom. The molecule has 2 fully saturated rings. The fourth-order valence-corrected chi connectivity index (χ4v) is 6.64. The number of rotatable bonds is 6. The first kappa shape index (κ1) is 28.2. The fourth-order valence-electron chi connectivity index (χ4n) is 6.64. The van der Waals surface area contributed by atoms with Crippen LogP contribution in [0.15, 0.2) is 36.5 Å². The van der Waals surface area contributed by atoms with Crippen LogP contribution in [0, 0.1) is 5.41 Å². The second-order valence-corrected chi connectivity index (χ2v) is 11.1. The number of imide groups is 1. The van der Waals surface area contributed by atoms with Gasteiger partial charge in [0.2, 0.25) is 11.8 Å². The molecule has 11 heteroatoms. The standard InChI is InChI=1S/C29H33F3N4O4/c1-3-27(4-2)17-35(15-18-5-9-23(33-14-18)29(30,31)32)12-11-28(27,40)20-6-7-21-19(13-20)16-36(26(21)39)22-8-10-24(37)34-25(22)38/h5-7,9,13-14,22,40H,3-4,8,10-12,15-17H2,1-2H3,(H,34,37,38). The SMILES string of the molecule is CCC1(CC)CN(Cc2ccc(C(F)(F)F)nc2)CCC1(O)c1ccc2c(c1)CN(C1CCC(=O)NC1=O)C2=O. The van der Waals surface area contributed by atoms with Crippen molar-refractivity contribution in [1.29, 1.82) is 0 Å². The van der Waals surface area contributed by atoms with Crippen LogP contribution in [-0.2, 0) is 34.5 Å². The lowest BCUT2D eigenvalue weighted by molar-refractivity contribution is -0.148. The van der Waals surface area contributed by atoms with Gasteiger partial charge in [-0.25, -0.2) is 0 Å². The van der Waals surface area contributed by atoms with Gasteiger partial charge in [0.05, 0.1) is 5.60 Å². The number of aromatic nitrogens is 1. The van der Waals surface area contributed by atoms with Crippen LogP contribution in [0.2, 0.25) is 0 Å². The van der Waals surface area contributed by atoms with Gasteiger partial charge in [0, 0.05) is 49.8 Å². The second-order valence-electron chi connectivity index (χ2n) is 11.1. The Morgan fingerprint density at radius 3 is 2.50 bits per heavy atom. The molecule has 0 bridgehead atoms. The third-order valence-electron chi connectivity index (χ3n) is 9.07. The molecule has 0 aliphatic carbocycles. The third kappa shape index (κ3) is 4.79. The third-order valence-corrected chi connectivity index (χ3v) is 9.07. The van der Waals surface area contributed by atoms with Gasteiger partial charge in [-0.15, -0.1) is 0 Å². The average molecular weight is 559 g/mol. The van der Waals surface area contributed by atoms with E-state index in [-0.39, 0.29) is 31.2 Å².